The highest BCUT2D eigenvalue weighted by molar-refractivity contribution is 5.91. The second kappa shape index (κ2) is 11.0. The van der Waals surface area contributed by atoms with E-state index in [4.69, 9.17) is 10.8 Å². The lowest BCUT2D eigenvalue weighted by Gasteiger charge is -2.28. The predicted molar refractivity (Wildman–Crippen MR) is 88.8 cm³/mol. The van der Waals surface area contributed by atoms with Gasteiger partial charge in [-0.05, 0) is 19.8 Å². The van der Waals surface area contributed by atoms with Crippen LogP contribution in [0, 0.1) is 0 Å². The number of hydrogen-bond donors (Lipinski definition) is 3. The molecule has 0 radical (unpaired) electrons. The fourth-order valence-corrected chi connectivity index (χ4v) is 2.10. The van der Waals surface area contributed by atoms with Crippen molar-refractivity contribution in [2.75, 3.05) is 7.05 Å². The number of aliphatic carboxylic acids is 1. The van der Waals surface area contributed by atoms with Gasteiger partial charge in [0.1, 0.15) is 12.1 Å². The lowest BCUT2D eigenvalue weighted by atomic mass is 10.1. The van der Waals surface area contributed by atoms with E-state index in [1.807, 2.05) is 13.8 Å². The average Bonchev–Trinajstić information content (AvgIpc) is 2.53. The van der Waals surface area contributed by atoms with E-state index in [1.54, 1.807) is 0 Å². The highest BCUT2D eigenvalue weighted by atomic mass is 16.4. The molecule has 134 valence electrons. The maximum absolute atomic E-state index is 12.5. The molecular weight excluding hydrogens is 298 g/mol. The quantitative estimate of drug-likeness (QED) is 0.525. The zero-order chi connectivity index (χ0) is 18.0. The number of nitrogens with two attached hydrogens (primary N) is 1. The first-order valence-corrected chi connectivity index (χ1v) is 8.31. The predicted octanol–water partition coefficient (Wildman–Crippen LogP) is 1.11. The first-order chi connectivity index (χ1) is 10.8. The molecule has 0 aromatic rings. The summed E-state index contributed by atoms with van der Waals surface area (Å²) < 4.78 is 0. The highest BCUT2D eigenvalue weighted by Gasteiger charge is 2.29. The summed E-state index contributed by atoms with van der Waals surface area (Å²) in [5.41, 5.74) is 5.83. The van der Waals surface area contributed by atoms with Crippen molar-refractivity contribution in [2.45, 2.75) is 77.4 Å². The molecule has 0 saturated heterocycles. The molecule has 0 unspecified atom stereocenters. The van der Waals surface area contributed by atoms with E-state index in [0.717, 1.165) is 30.6 Å². The fraction of sp³-hybridized carbons (Fsp3) is 0.812. The fourth-order valence-electron chi connectivity index (χ4n) is 2.10. The Labute approximate surface area is 138 Å². The molecule has 0 aromatic heterocycles. The molecule has 3 atom stereocenters. The SMILES string of the molecule is CCCC[C@H](NC(=O)[C@@H](N)CCCC)C(=O)N(C)[C@@H](C)C(=O)O. The third kappa shape index (κ3) is 7.45. The second-order valence-corrected chi connectivity index (χ2v) is 5.92. The molecule has 0 aliphatic heterocycles. The third-order valence-corrected chi connectivity index (χ3v) is 3.95. The van der Waals surface area contributed by atoms with E-state index in [-0.39, 0.29) is 5.91 Å². The van der Waals surface area contributed by atoms with Crippen LogP contribution in [-0.2, 0) is 14.4 Å². The number of nitrogens with zero attached hydrogens (tertiary/aromatic N) is 1. The minimum atomic E-state index is -1.08. The van der Waals surface area contributed by atoms with Crippen LogP contribution in [0.1, 0.15) is 59.3 Å². The number of hydrogen-bond acceptors (Lipinski definition) is 4. The minimum absolute atomic E-state index is 0.357. The maximum atomic E-state index is 12.5. The van der Waals surface area contributed by atoms with Gasteiger partial charge in [-0.2, -0.15) is 0 Å². The molecule has 7 nitrogen and oxygen atoms in total. The number of carboxylic acid groups (broad SMARTS) is 1. The normalized spacial score (nSPS) is 14.7. The Kier molecular flexibility index (Phi) is 10.2. The smallest absolute Gasteiger partial charge is 0.326 e. The molecule has 23 heavy (non-hydrogen) atoms. The summed E-state index contributed by atoms with van der Waals surface area (Å²) in [6.07, 6.45) is 4.46. The molecule has 0 rings (SSSR count). The Morgan fingerprint density at radius 1 is 1.13 bits per heavy atom. The number of unbranched alkanes of at least 4 members (excludes halogenated alkanes) is 2. The monoisotopic (exact) mass is 329 g/mol. The second-order valence-electron chi connectivity index (χ2n) is 5.92. The third-order valence-electron chi connectivity index (χ3n) is 3.95. The van der Waals surface area contributed by atoms with Crippen molar-refractivity contribution in [3.05, 3.63) is 0 Å². The van der Waals surface area contributed by atoms with Crippen molar-refractivity contribution >= 4 is 17.8 Å². The summed E-state index contributed by atoms with van der Waals surface area (Å²) in [7, 11) is 1.43. The maximum Gasteiger partial charge on any atom is 0.326 e. The minimum Gasteiger partial charge on any atom is -0.480 e. The van der Waals surface area contributed by atoms with Gasteiger partial charge in [0.05, 0.1) is 6.04 Å². The number of carboxylic acids is 1. The zero-order valence-electron chi connectivity index (χ0n) is 14.7. The van der Waals surface area contributed by atoms with Crippen LogP contribution in [0.5, 0.6) is 0 Å². The van der Waals surface area contributed by atoms with Gasteiger partial charge in [0.25, 0.3) is 0 Å². The number of amides is 2. The summed E-state index contributed by atoms with van der Waals surface area (Å²) in [6.45, 7) is 5.44. The lowest BCUT2D eigenvalue weighted by Crippen LogP contribution is -2.54. The van der Waals surface area contributed by atoms with Crippen LogP contribution in [-0.4, -0.2) is 53.0 Å². The first-order valence-electron chi connectivity index (χ1n) is 8.31. The van der Waals surface area contributed by atoms with E-state index < -0.39 is 30.0 Å². The van der Waals surface area contributed by atoms with Gasteiger partial charge in [-0.25, -0.2) is 4.79 Å². The summed E-state index contributed by atoms with van der Waals surface area (Å²) >= 11 is 0. The average molecular weight is 329 g/mol. The summed E-state index contributed by atoms with van der Waals surface area (Å²) in [6, 6.07) is -2.33. The Morgan fingerprint density at radius 3 is 2.13 bits per heavy atom. The topological polar surface area (TPSA) is 113 Å². The van der Waals surface area contributed by atoms with E-state index >= 15 is 0 Å². The van der Waals surface area contributed by atoms with Crippen LogP contribution in [0.25, 0.3) is 0 Å². The van der Waals surface area contributed by atoms with Crippen molar-refractivity contribution in [3.8, 4) is 0 Å². The number of carbonyl (C=O) groups is 3. The molecule has 0 spiro atoms. The first kappa shape index (κ1) is 21.4. The van der Waals surface area contributed by atoms with Crippen LogP contribution in [0.2, 0.25) is 0 Å². The van der Waals surface area contributed by atoms with Crippen LogP contribution in [0.3, 0.4) is 0 Å². The van der Waals surface area contributed by atoms with Crippen LogP contribution >= 0.6 is 0 Å². The molecule has 0 saturated carbocycles. The zero-order valence-corrected chi connectivity index (χ0v) is 14.7. The van der Waals surface area contributed by atoms with Crippen LogP contribution < -0.4 is 11.1 Å². The molecule has 0 heterocycles. The Morgan fingerprint density at radius 2 is 1.65 bits per heavy atom. The number of carbonyl (C=O) groups excluding carboxylic acids is 2. The molecule has 0 aliphatic rings. The number of nitrogens with one attached hydrogen (secondary N) is 1. The summed E-state index contributed by atoms with van der Waals surface area (Å²) in [5, 5.41) is 11.7. The molecular formula is C16H31N3O4. The Bertz CT molecular complexity index is 401. The van der Waals surface area contributed by atoms with Gasteiger partial charge in [-0.15, -0.1) is 0 Å². The molecule has 0 aliphatic carbocycles. The molecule has 0 aromatic carbocycles. The molecule has 7 heteroatoms. The van der Waals surface area contributed by atoms with Crippen LogP contribution in [0.15, 0.2) is 0 Å². The number of rotatable bonds is 11. The Balaban J connectivity index is 4.88. The van der Waals surface area contributed by atoms with E-state index in [2.05, 4.69) is 5.32 Å². The van der Waals surface area contributed by atoms with Gasteiger partial charge in [0, 0.05) is 7.05 Å². The highest BCUT2D eigenvalue weighted by Crippen LogP contribution is 2.08. The van der Waals surface area contributed by atoms with E-state index in [9.17, 15) is 14.4 Å². The number of likely N-dealkylation sites (N-methyl/N-ethyl adjacent to an activating group) is 1. The molecule has 2 amide bonds. The van der Waals surface area contributed by atoms with Gasteiger partial charge in [0.2, 0.25) is 11.8 Å². The Hall–Kier alpha value is -1.63. The largest absolute Gasteiger partial charge is 0.480 e. The molecule has 4 N–H and O–H groups in total. The molecule has 0 fully saturated rings. The van der Waals surface area contributed by atoms with Crippen molar-refractivity contribution < 1.29 is 19.5 Å². The van der Waals surface area contributed by atoms with Crippen molar-refractivity contribution in [2.24, 2.45) is 5.73 Å². The lowest BCUT2D eigenvalue weighted by molar-refractivity contribution is -0.149. The van der Waals surface area contributed by atoms with Gasteiger partial charge >= 0.3 is 5.97 Å². The van der Waals surface area contributed by atoms with Gasteiger partial charge in [-0.3, -0.25) is 9.59 Å². The summed E-state index contributed by atoms with van der Waals surface area (Å²) in [5.74, 6) is -1.84. The van der Waals surface area contributed by atoms with Gasteiger partial charge < -0.3 is 21.1 Å². The van der Waals surface area contributed by atoms with Gasteiger partial charge in [-0.1, -0.05) is 39.5 Å². The van der Waals surface area contributed by atoms with E-state index in [0.29, 0.717) is 12.8 Å². The van der Waals surface area contributed by atoms with Gasteiger partial charge in [0.15, 0.2) is 0 Å². The van der Waals surface area contributed by atoms with Crippen molar-refractivity contribution in [1.29, 1.82) is 0 Å². The van der Waals surface area contributed by atoms with Crippen molar-refractivity contribution in [3.63, 3.8) is 0 Å². The van der Waals surface area contributed by atoms with Crippen molar-refractivity contribution in [1.82, 2.24) is 10.2 Å². The van der Waals surface area contributed by atoms with Crippen LogP contribution in [0.4, 0.5) is 0 Å². The van der Waals surface area contributed by atoms with E-state index in [1.165, 1.54) is 14.0 Å². The molecule has 0 bridgehead atoms. The summed E-state index contributed by atoms with van der Waals surface area (Å²) in [4.78, 5) is 36.8. The standard InChI is InChI=1S/C16H31N3O4/c1-5-7-9-12(17)14(20)18-13(10-8-6-2)15(21)19(4)11(3)16(22)23/h11-13H,5-10,17H2,1-4H3,(H,18,20)(H,22,23)/t11-,12-,13-/m0/s1.